The summed E-state index contributed by atoms with van der Waals surface area (Å²) in [6, 6.07) is 14.6. The Labute approximate surface area is 307 Å². The Morgan fingerprint density at radius 3 is 2.56 bits per heavy atom. The summed E-state index contributed by atoms with van der Waals surface area (Å²) in [4.78, 5) is 14.2. The van der Waals surface area contributed by atoms with E-state index in [2.05, 4.69) is 45.2 Å². The van der Waals surface area contributed by atoms with Crippen molar-refractivity contribution in [2.75, 3.05) is 26.2 Å². The fourth-order valence-electron chi connectivity index (χ4n) is 10.6. The molecule has 8 nitrogen and oxygen atoms in total. The molecule has 1 aliphatic carbocycles. The van der Waals surface area contributed by atoms with E-state index in [1.165, 1.54) is 19.3 Å². The minimum atomic E-state index is -4.06. The van der Waals surface area contributed by atoms with E-state index >= 15 is 0 Å². The highest BCUT2D eigenvalue weighted by Gasteiger charge is 2.65. The number of aromatic amines is 1. The Balaban J connectivity index is 1.20. The number of benzene rings is 2. The molecule has 9 heteroatoms. The second kappa shape index (κ2) is 13.3. The smallest absolute Gasteiger partial charge is 0.339 e. The number of hydrogen-bond donors (Lipinski definition) is 2. The van der Waals surface area contributed by atoms with Gasteiger partial charge in [-0.25, -0.2) is 0 Å². The molecule has 0 saturated carbocycles. The van der Waals surface area contributed by atoms with Crippen LogP contribution in [0, 0.1) is 18.3 Å². The summed E-state index contributed by atoms with van der Waals surface area (Å²) >= 11 is 0. The van der Waals surface area contributed by atoms with Crippen LogP contribution < -0.4 is 4.18 Å². The summed E-state index contributed by atoms with van der Waals surface area (Å²) in [5.41, 5.74) is 3.25. The molecule has 5 aliphatic rings. The van der Waals surface area contributed by atoms with Crippen LogP contribution in [0.25, 0.3) is 27.4 Å². The monoisotopic (exact) mass is 718 g/mol. The molecule has 6 heterocycles. The van der Waals surface area contributed by atoms with Crippen molar-refractivity contribution in [2.24, 2.45) is 11.3 Å². The molecule has 2 aromatic heterocycles. The lowest BCUT2D eigenvalue weighted by molar-refractivity contribution is -0.0894. The van der Waals surface area contributed by atoms with Crippen LogP contribution in [-0.2, 0) is 10.1 Å². The number of piperidine rings is 1. The summed E-state index contributed by atoms with van der Waals surface area (Å²) in [5.74, 6) is 0.474. The van der Waals surface area contributed by atoms with Gasteiger partial charge in [0.05, 0.1) is 28.4 Å². The van der Waals surface area contributed by atoms with Gasteiger partial charge >= 0.3 is 10.1 Å². The fraction of sp³-hybridized carbons (Fsp3) is 0.465. The van der Waals surface area contributed by atoms with Crippen LogP contribution in [0.5, 0.6) is 5.75 Å². The first-order valence-corrected chi connectivity index (χ1v) is 20.8. The first-order valence-electron chi connectivity index (χ1n) is 19.4. The Bertz CT molecular complexity index is 2190. The molecule has 52 heavy (non-hydrogen) atoms. The van der Waals surface area contributed by atoms with Gasteiger partial charge in [-0.2, -0.15) is 8.42 Å². The summed E-state index contributed by atoms with van der Waals surface area (Å²) in [7, 11) is -4.06. The third kappa shape index (κ3) is 5.75. The quantitative estimate of drug-likeness (QED) is 0.163. The predicted molar refractivity (Wildman–Crippen MR) is 207 cm³/mol. The number of nitrogens with one attached hydrogen (secondary N) is 1. The van der Waals surface area contributed by atoms with E-state index in [0.29, 0.717) is 18.0 Å². The standard InChI is InChI=1S/C43H50N4O4S/c1-30-16-18-32(19-17-30)52(49,50)51-37-15-12-14-33-34-20-23-44-39(40(34)45-38(33)37)35-28-43(48)22-9-5-2-3-6-10-24-46-26-21-36(35)42(29-46)27-31-13-8-4-7-11-25-47(31)41(42)43/h2,5,8,12-20,23,28,31,36,41,45,48H,3-4,6-7,9-11,21-22,24-27,29H2,1H3/b5-2-,13-8-/t31-,36-,41+,42-,43-/m0/s1. The van der Waals surface area contributed by atoms with Gasteiger partial charge in [0, 0.05) is 35.0 Å². The molecule has 272 valence electrons. The van der Waals surface area contributed by atoms with E-state index in [1.54, 1.807) is 30.3 Å². The third-order valence-corrected chi connectivity index (χ3v) is 14.0. The number of aryl methyl sites for hydroxylation is 1. The zero-order chi connectivity index (χ0) is 35.5. The molecule has 0 radical (unpaired) electrons. The lowest BCUT2D eigenvalue weighted by atomic mass is 9.54. The van der Waals surface area contributed by atoms with Gasteiger partial charge in [-0.1, -0.05) is 54.1 Å². The van der Waals surface area contributed by atoms with Gasteiger partial charge < -0.3 is 19.2 Å². The molecule has 4 aromatic rings. The number of rotatable bonds is 4. The first-order chi connectivity index (χ1) is 25.3. The predicted octanol–water partition coefficient (Wildman–Crippen LogP) is 7.93. The number of nitrogens with zero attached hydrogens (tertiary/aromatic N) is 3. The Kier molecular flexibility index (Phi) is 8.69. The molecule has 0 amide bonds. The maximum absolute atomic E-state index is 13.5. The Morgan fingerprint density at radius 1 is 0.904 bits per heavy atom. The normalized spacial score (nSPS) is 32.4. The second-order valence-electron chi connectivity index (χ2n) is 16.0. The molecule has 9 rings (SSSR count). The van der Waals surface area contributed by atoms with Gasteiger partial charge in [-0.05, 0) is 133 Å². The van der Waals surface area contributed by atoms with E-state index in [-0.39, 0.29) is 28.0 Å². The average molecular weight is 719 g/mol. The lowest BCUT2D eigenvalue weighted by Crippen LogP contribution is -2.65. The van der Waals surface area contributed by atoms with E-state index in [4.69, 9.17) is 9.17 Å². The number of pyridine rings is 1. The molecule has 6 atom stereocenters. The zero-order valence-electron chi connectivity index (χ0n) is 30.1. The minimum Gasteiger partial charge on any atom is -0.384 e. The van der Waals surface area contributed by atoms with Crippen LogP contribution in [0.4, 0.5) is 0 Å². The van der Waals surface area contributed by atoms with Crippen molar-refractivity contribution in [3.05, 3.63) is 96.4 Å². The maximum atomic E-state index is 13.5. The van der Waals surface area contributed by atoms with Crippen molar-refractivity contribution < 1.29 is 17.7 Å². The van der Waals surface area contributed by atoms with E-state index in [1.807, 2.05) is 31.3 Å². The summed E-state index contributed by atoms with van der Waals surface area (Å²) < 4.78 is 32.7. The third-order valence-electron chi connectivity index (χ3n) is 12.8. The highest BCUT2D eigenvalue weighted by atomic mass is 32.2. The van der Waals surface area contributed by atoms with Gasteiger partial charge in [0.15, 0.2) is 5.75 Å². The highest BCUT2D eigenvalue weighted by molar-refractivity contribution is 7.87. The molecule has 3 bridgehead atoms. The number of hydrogen-bond acceptors (Lipinski definition) is 7. The van der Waals surface area contributed by atoms with Gasteiger partial charge in [0.1, 0.15) is 4.90 Å². The van der Waals surface area contributed by atoms with E-state index in [0.717, 1.165) is 97.8 Å². The zero-order valence-corrected chi connectivity index (χ0v) is 31.0. The molecule has 1 unspecified atom stereocenters. The number of aliphatic hydroxyl groups is 1. The van der Waals surface area contributed by atoms with Crippen LogP contribution in [0.15, 0.2) is 90.0 Å². The number of allylic oxidation sites excluding steroid dienone is 4. The van der Waals surface area contributed by atoms with Crippen molar-refractivity contribution in [3.63, 3.8) is 0 Å². The topological polar surface area (TPSA) is 98.8 Å². The van der Waals surface area contributed by atoms with Crippen LogP contribution in [0.3, 0.4) is 0 Å². The number of aromatic nitrogens is 2. The Morgan fingerprint density at radius 2 is 1.69 bits per heavy atom. The molecule has 2 N–H and O–H groups in total. The van der Waals surface area contributed by atoms with Crippen LogP contribution >= 0.6 is 0 Å². The number of H-pyrrole nitrogens is 1. The largest absolute Gasteiger partial charge is 0.384 e. The fourth-order valence-corrected chi connectivity index (χ4v) is 11.5. The molecule has 1 spiro atoms. The van der Waals surface area contributed by atoms with Crippen LogP contribution in [0.2, 0.25) is 0 Å². The molecule has 2 saturated heterocycles. The van der Waals surface area contributed by atoms with Crippen LogP contribution in [-0.4, -0.2) is 77.2 Å². The van der Waals surface area contributed by atoms with Gasteiger partial charge in [0.25, 0.3) is 0 Å². The summed E-state index contributed by atoms with van der Waals surface area (Å²) in [6.45, 7) is 6.04. The molecule has 4 aliphatic heterocycles. The van der Waals surface area contributed by atoms with Crippen LogP contribution in [0.1, 0.15) is 75.5 Å². The molecular formula is C43H50N4O4S. The van der Waals surface area contributed by atoms with Gasteiger partial charge in [-0.15, -0.1) is 0 Å². The highest BCUT2D eigenvalue weighted by Crippen LogP contribution is 2.61. The Hall–Kier alpha value is -3.76. The second-order valence-corrected chi connectivity index (χ2v) is 17.6. The van der Waals surface area contributed by atoms with Crippen molar-refractivity contribution in [2.45, 2.75) is 93.7 Å². The van der Waals surface area contributed by atoms with E-state index in [9.17, 15) is 13.5 Å². The average Bonchev–Trinajstić information content (AvgIpc) is 3.65. The van der Waals surface area contributed by atoms with E-state index < -0.39 is 15.7 Å². The molecule has 2 aromatic carbocycles. The van der Waals surface area contributed by atoms with Crippen molar-refractivity contribution >= 4 is 37.5 Å². The summed E-state index contributed by atoms with van der Waals surface area (Å²) in [5, 5.41) is 15.1. The molecule has 2 fully saturated rings. The van der Waals surface area contributed by atoms with Crippen molar-refractivity contribution in [1.29, 1.82) is 0 Å². The van der Waals surface area contributed by atoms with Gasteiger partial charge in [-0.3, -0.25) is 9.88 Å². The van der Waals surface area contributed by atoms with Gasteiger partial charge in [0.2, 0.25) is 0 Å². The molecular weight excluding hydrogens is 669 g/mol. The lowest BCUT2D eigenvalue weighted by Gasteiger charge is -2.58. The maximum Gasteiger partial charge on any atom is 0.339 e. The first kappa shape index (κ1) is 34.0. The number of para-hydroxylation sites is 1. The summed E-state index contributed by atoms with van der Waals surface area (Å²) in [6.07, 6.45) is 24.0. The van der Waals surface area contributed by atoms with Crippen molar-refractivity contribution in [3.8, 4) is 5.75 Å². The van der Waals surface area contributed by atoms with Crippen molar-refractivity contribution in [1.82, 2.24) is 19.8 Å². The minimum absolute atomic E-state index is 0.0207. The SMILES string of the molecule is Cc1ccc(S(=O)(=O)Oc2cccc3c2[nH]c2c(C4=C[C@@]5(O)CC/C=C\CCCCN6CC[C@@H]4[C@]4(C[C@@H]7/C=C\CCCCN7[C@H]45)C6)nccc23)cc1. The number of fused-ring (bicyclic) bond motifs is 5.